The van der Waals surface area contributed by atoms with Crippen molar-refractivity contribution in [2.24, 2.45) is 0 Å². The van der Waals surface area contributed by atoms with Crippen molar-refractivity contribution in [2.75, 3.05) is 11.1 Å². The van der Waals surface area contributed by atoms with Gasteiger partial charge in [0.15, 0.2) is 11.0 Å². The van der Waals surface area contributed by atoms with Gasteiger partial charge in [0.05, 0.1) is 5.75 Å². The van der Waals surface area contributed by atoms with Gasteiger partial charge >= 0.3 is 0 Å². The molecule has 9 heteroatoms. The van der Waals surface area contributed by atoms with E-state index in [0.29, 0.717) is 23.3 Å². The highest BCUT2D eigenvalue weighted by Gasteiger charge is 2.11. The minimum absolute atomic E-state index is 0.174. The van der Waals surface area contributed by atoms with Gasteiger partial charge in [-0.3, -0.25) is 9.78 Å². The average molecular weight is 344 g/mol. The van der Waals surface area contributed by atoms with E-state index in [1.165, 1.54) is 11.8 Å². The van der Waals surface area contributed by atoms with Crippen molar-refractivity contribution in [1.29, 1.82) is 0 Å². The van der Waals surface area contributed by atoms with E-state index in [-0.39, 0.29) is 11.7 Å². The van der Waals surface area contributed by atoms with E-state index in [9.17, 15) is 4.79 Å². The maximum absolute atomic E-state index is 11.9. The van der Waals surface area contributed by atoms with Crippen LogP contribution in [0.25, 0.3) is 0 Å². The van der Waals surface area contributed by atoms with Gasteiger partial charge < -0.3 is 14.4 Å². The highest BCUT2D eigenvalue weighted by atomic mass is 32.2. The van der Waals surface area contributed by atoms with Gasteiger partial charge in [-0.2, -0.15) is 0 Å². The summed E-state index contributed by atoms with van der Waals surface area (Å²) in [7, 11) is 0. The van der Waals surface area contributed by atoms with Crippen LogP contribution in [0.15, 0.2) is 46.5 Å². The van der Waals surface area contributed by atoms with Gasteiger partial charge in [0.1, 0.15) is 12.1 Å². The number of nitrogens with one attached hydrogen (secondary N) is 1. The first kappa shape index (κ1) is 16.2. The Hall–Kier alpha value is -2.68. The van der Waals surface area contributed by atoms with E-state index in [0.717, 1.165) is 12.1 Å². The molecule has 124 valence electrons. The van der Waals surface area contributed by atoms with Gasteiger partial charge in [0.2, 0.25) is 5.91 Å². The van der Waals surface area contributed by atoms with Gasteiger partial charge in [-0.05, 0) is 19.1 Å². The van der Waals surface area contributed by atoms with Crippen LogP contribution in [0.3, 0.4) is 0 Å². The molecular weight excluding hydrogens is 328 g/mol. The number of pyridine rings is 1. The highest BCUT2D eigenvalue weighted by Crippen LogP contribution is 2.16. The first-order valence-electron chi connectivity index (χ1n) is 7.34. The number of aromatic nitrogens is 5. The Morgan fingerprint density at radius 3 is 3.08 bits per heavy atom. The summed E-state index contributed by atoms with van der Waals surface area (Å²) in [6.45, 7) is 2.47. The molecule has 1 N–H and O–H groups in total. The van der Waals surface area contributed by atoms with Crippen LogP contribution in [-0.4, -0.2) is 36.6 Å². The Labute approximate surface area is 142 Å². The summed E-state index contributed by atoms with van der Waals surface area (Å²) in [4.78, 5) is 16.2. The predicted molar refractivity (Wildman–Crippen MR) is 88.6 cm³/mol. The number of hydrogen-bond donors (Lipinski definition) is 1. The van der Waals surface area contributed by atoms with Crippen LogP contribution in [0.1, 0.15) is 11.5 Å². The molecular formula is C15H16N6O2S. The molecule has 0 radical (unpaired) electrons. The molecule has 24 heavy (non-hydrogen) atoms. The number of aryl methyl sites for hydroxylation is 3. The van der Waals surface area contributed by atoms with Crippen molar-refractivity contribution in [3.8, 4) is 0 Å². The van der Waals surface area contributed by atoms with Gasteiger partial charge in [0, 0.05) is 30.9 Å². The van der Waals surface area contributed by atoms with Crippen LogP contribution in [0.2, 0.25) is 0 Å². The topological polar surface area (TPSA) is 98.7 Å². The SMILES string of the molecule is Cc1cc(NC(=O)CSc2nncn2CCc2ccccn2)no1. The van der Waals surface area contributed by atoms with Crippen LogP contribution >= 0.6 is 11.8 Å². The summed E-state index contributed by atoms with van der Waals surface area (Å²) in [5.41, 5.74) is 1.00. The van der Waals surface area contributed by atoms with Crippen molar-refractivity contribution < 1.29 is 9.32 Å². The molecule has 0 atom stereocenters. The molecule has 0 saturated heterocycles. The third-order valence-electron chi connectivity index (χ3n) is 3.14. The Bertz CT molecular complexity index is 801. The fraction of sp³-hybridized carbons (Fsp3) is 0.267. The predicted octanol–water partition coefficient (Wildman–Crippen LogP) is 1.94. The van der Waals surface area contributed by atoms with Gasteiger partial charge in [0.25, 0.3) is 0 Å². The molecule has 8 nitrogen and oxygen atoms in total. The van der Waals surface area contributed by atoms with Crippen molar-refractivity contribution >= 4 is 23.5 Å². The summed E-state index contributed by atoms with van der Waals surface area (Å²) in [6, 6.07) is 7.49. The zero-order valence-electron chi connectivity index (χ0n) is 13.0. The first-order valence-corrected chi connectivity index (χ1v) is 8.33. The van der Waals surface area contributed by atoms with E-state index >= 15 is 0 Å². The molecule has 3 aromatic heterocycles. The smallest absolute Gasteiger partial charge is 0.236 e. The zero-order valence-corrected chi connectivity index (χ0v) is 13.9. The molecule has 0 aliphatic rings. The quantitative estimate of drug-likeness (QED) is 0.654. The van der Waals surface area contributed by atoms with E-state index < -0.39 is 0 Å². The second-order valence-corrected chi connectivity index (χ2v) is 5.98. The van der Waals surface area contributed by atoms with Crippen molar-refractivity contribution in [3.05, 3.63) is 48.2 Å². The van der Waals surface area contributed by atoms with Crippen LogP contribution < -0.4 is 5.32 Å². The number of carbonyl (C=O) groups excluding carboxylic acids is 1. The Morgan fingerprint density at radius 1 is 1.42 bits per heavy atom. The second kappa shape index (κ2) is 7.73. The lowest BCUT2D eigenvalue weighted by Gasteiger charge is -2.06. The molecule has 0 aliphatic carbocycles. The number of thioether (sulfide) groups is 1. The third-order valence-corrected chi connectivity index (χ3v) is 4.12. The normalized spacial score (nSPS) is 10.7. The molecule has 0 aliphatic heterocycles. The molecule has 1 amide bonds. The van der Waals surface area contributed by atoms with Gasteiger partial charge in [-0.1, -0.05) is 23.0 Å². The highest BCUT2D eigenvalue weighted by molar-refractivity contribution is 7.99. The fourth-order valence-electron chi connectivity index (χ4n) is 2.02. The maximum Gasteiger partial charge on any atom is 0.236 e. The van der Waals surface area contributed by atoms with Crippen LogP contribution in [0, 0.1) is 6.92 Å². The van der Waals surface area contributed by atoms with E-state index in [1.807, 2.05) is 22.8 Å². The first-order chi connectivity index (χ1) is 11.7. The molecule has 3 heterocycles. The third kappa shape index (κ3) is 4.42. The van der Waals surface area contributed by atoms with Crippen molar-refractivity contribution in [3.63, 3.8) is 0 Å². The van der Waals surface area contributed by atoms with Gasteiger partial charge in [-0.25, -0.2) is 0 Å². The number of hydrogen-bond acceptors (Lipinski definition) is 7. The molecule has 0 bridgehead atoms. The lowest BCUT2D eigenvalue weighted by Crippen LogP contribution is -2.15. The Kier molecular flexibility index (Phi) is 5.22. The molecule has 3 rings (SSSR count). The standard InChI is InChI=1S/C15H16N6O2S/c1-11-8-13(20-23-11)18-14(22)9-24-15-19-17-10-21(15)7-5-12-4-2-3-6-16-12/h2-4,6,8,10H,5,7,9H2,1H3,(H,18,20,22). The molecule has 0 spiro atoms. The average Bonchev–Trinajstić information content (AvgIpc) is 3.20. The van der Waals surface area contributed by atoms with E-state index in [1.54, 1.807) is 25.5 Å². The minimum Gasteiger partial charge on any atom is -0.360 e. The number of nitrogens with zero attached hydrogens (tertiary/aromatic N) is 5. The maximum atomic E-state index is 11.9. The number of anilines is 1. The lowest BCUT2D eigenvalue weighted by atomic mass is 10.3. The largest absolute Gasteiger partial charge is 0.360 e. The molecule has 0 aromatic carbocycles. The summed E-state index contributed by atoms with van der Waals surface area (Å²) >= 11 is 1.32. The molecule has 3 aromatic rings. The van der Waals surface area contributed by atoms with Crippen molar-refractivity contribution in [1.82, 2.24) is 24.9 Å². The second-order valence-electron chi connectivity index (χ2n) is 5.04. The summed E-state index contributed by atoms with van der Waals surface area (Å²) in [5.74, 6) is 1.10. The summed E-state index contributed by atoms with van der Waals surface area (Å²) < 4.78 is 6.81. The zero-order chi connectivity index (χ0) is 16.8. The number of amides is 1. The lowest BCUT2D eigenvalue weighted by molar-refractivity contribution is -0.113. The molecule has 0 unspecified atom stereocenters. The monoisotopic (exact) mass is 344 g/mol. The fourth-order valence-corrected chi connectivity index (χ4v) is 2.77. The van der Waals surface area contributed by atoms with Crippen molar-refractivity contribution in [2.45, 2.75) is 25.0 Å². The summed E-state index contributed by atoms with van der Waals surface area (Å²) in [5, 5.41) is 15.1. The number of rotatable bonds is 7. The van der Waals surface area contributed by atoms with Crippen LogP contribution in [0.5, 0.6) is 0 Å². The van der Waals surface area contributed by atoms with Crippen LogP contribution in [0.4, 0.5) is 5.82 Å². The van der Waals surface area contributed by atoms with Gasteiger partial charge in [-0.15, -0.1) is 10.2 Å². The molecule has 0 fully saturated rings. The molecule has 0 saturated carbocycles. The summed E-state index contributed by atoms with van der Waals surface area (Å²) in [6.07, 6.45) is 4.20. The van der Waals surface area contributed by atoms with E-state index in [2.05, 4.69) is 25.7 Å². The minimum atomic E-state index is -0.174. The Morgan fingerprint density at radius 2 is 2.33 bits per heavy atom. The van der Waals surface area contributed by atoms with Crippen LogP contribution in [-0.2, 0) is 17.8 Å². The Balaban J connectivity index is 1.50. The number of carbonyl (C=O) groups is 1. The van der Waals surface area contributed by atoms with E-state index in [4.69, 9.17) is 4.52 Å².